The Hall–Kier alpha value is -1.48. The van der Waals surface area contributed by atoms with Crippen LogP contribution in [0.15, 0.2) is 36.6 Å². The molecular weight excluding hydrogens is 204 g/mol. The first kappa shape index (κ1) is 11.0. The summed E-state index contributed by atoms with van der Waals surface area (Å²) in [6.45, 7) is 0.548. The van der Waals surface area contributed by atoms with Crippen molar-refractivity contribution in [2.45, 2.75) is 12.0 Å². The smallest absolute Gasteiger partial charge is 0.160 e. The number of hydrogen-bond donors (Lipinski definition) is 0. The van der Waals surface area contributed by atoms with Crippen LogP contribution in [0.3, 0.4) is 0 Å². The average molecular weight is 220 g/mol. The van der Waals surface area contributed by atoms with Crippen molar-refractivity contribution in [3.63, 3.8) is 0 Å². The summed E-state index contributed by atoms with van der Waals surface area (Å²) in [5.41, 5.74) is 0.751. The van der Waals surface area contributed by atoms with Crippen LogP contribution in [0.1, 0.15) is 12.0 Å². The van der Waals surface area contributed by atoms with E-state index in [1.807, 2.05) is 30.3 Å². The number of rotatable bonds is 4. The predicted octanol–water partition coefficient (Wildman–Crippen LogP) is 2.47. The molecule has 3 nitrogen and oxygen atoms in total. The van der Waals surface area contributed by atoms with Crippen LogP contribution in [0.25, 0.3) is 0 Å². The van der Waals surface area contributed by atoms with Gasteiger partial charge in [0.25, 0.3) is 0 Å². The van der Waals surface area contributed by atoms with Gasteiger partial charge in [0, 0.05) is 13.5 Å². The molecule has 0 spiro atoms. The molecule has 16 heavy (non-hydrogen) atoms. The average Bonchev–Trinajstić information content (AvgIpc) is 2.80. The fourth-order valence-corrected chi connectivity index (χ4v) is 1.96. The quantitative estimate of drug-likeness (QED) is 0.780. The van der Waals surface area contributed by atoms with Crippen molar-refractivity contribution in [1.82, 2.24) is 0 Å². The summed E-state index contributed by atoms with van der Waals surface area (Å²) in [6, 6.07) is 7.92. The SMILES string of the molecule is COC[C@]1(c2ccc(OC)cc2)CC=CO1. The standard InChI is InChI=1S/C13H16O3/c1-14-10-13(8-3-9-16-13)11-4-6-12(15-2)7-5-11/h3-7,9H,8,10H2,1-2H3/t13-/m0/s1. The summed E-state index contributed by atoms with van der Waals surface area (Å²) in [6.07, 6.45) is 4.60. The first-order valence-electron chi connectivity index (χ1n) is 5.27. The zero-order chi connectivity index (χ0) is 11.4. The van der Waals surface area contributed by atoms with Crippen molar-refractivity contribution < 1.29 is 14.2 Å². The van der Waals surface area contributed by atoms with E-state index >= 15 is 0 Å². The van der Waals surface area contributed by atoms with E-state index in [4.69, 9.17) is 14.2 Å². The molecule has 1 aliphatic rings. The molecule has 3 heteroatoms. The maximum atomic E-state index is 5.69. The Labute approximate surface area is 95.6 Å². The molecule has 86 valence electrons. The molecule has 0 aromatic heterocycles. The van der Waals surface area contributed by atoms with Gasteiger partial charge in [-0.05, 0) is 23.8 Å². The third kappa shape index (κ3) is 1.91. The Bertz CT molecular complexity index is 359. The molecule has 0 unspecified atom stereocenters. The van der Waals surface area contributed by atoms with E-state index in [1.54, 1.807) is 20.5 Å². The molecule has 0 fully saturated rings. The molecule has 2 rings (SSSR count). The fourth-order valence-electron chi connectivity index (χ4n) is 1.96. The lowest BCUT2D eigenvalue weighted by Gasteiger charge is -2.28. The van der Waals surface area contributed by atoms with Gasteiger partial charge in [0.2, 0.25) is 0 Å². The molecule has 1 atom stereocenters. The van der Waals surface area contributed by atoms with Crippen LogP contribution in [-0.2, 0) is 15.1 Å². The second-order valence-corrected chi connectivity index (χ2v) is 3.85. The second kappa shape index (κ2) is 4.58. The topological polar surface area (TPSA) is 27.7 Å². The lowest BCUT2D eigenvalue weighted by atomic mass is 9.92. The van der Waals surface area contributed by atoms with E-state index < -0.39 is 0 Å². The molecule has 1 aliphatic heterocycles. The molecule has 1 heterocycles. The Kier molecular flexibility index (Phi) is 3.15. The Morgan fingerprint density at radius 1 is 1.25 bits per heavy atom. The number of hydrogen-bond acceptors (Lipinski definition) is 3. The second-order valence-electron chi connectivity index (χ2n) is 3.85. The minimum atomic E-state index is -0.360. The van der Waals surface area contributed by atoms with Crippen molar-refractivity contribution in [3.8, 4) is 5.75 Å². The van der Waals surface area contributed by atoms with Crippen molar-refractivity contribution >= 4 is 0 Å². The summed E-state index contributed by atoms with van der Waals surface area (Å²) in [7, 11) is 3.35. The normalized spacial score (nSPS) is 23.1. The Balaban J connectivity index is 2.25. The van der Waals surface area contributed by atoms with Crippen LogP contribution in [0.5, 0.6) is 5.75 Å². The van der Waals surface area contributed by atoms with E-state index in [0.29, 0.717) is 6.61 Å². The van der Waals surface area contributed by atoms with Crippen molar-refractivity contribution in [2.75, 3.05) is 20.8 Å². The van der Waals surface area contributed by atoms with Crippen molar-refractivity contribution in [3.05, 3.63) is 42.2 Å². The Morgan fingerprint density at radius 3 is 2.50 bits per heavy atom. The zero-order valence-electron chi connectivity index (χ0n) is 9.60. The molecule has 0 saturated carbocycles. The van der Waals surface area contributed by atoms with Crippen LogP contribution in [-0.4, -0.2) is 20.8 Å². The van der Waals surface area contributed by atoms with Crippen LogP contribution in [0, 0.1) is 0 Å². The lowest BCUT2D eigenvalue weighted by Crippen LogP contribution is -2.30. The van der Waals surface area contributed by atoms with Crippen LogP contribution < -0.4 is 4.74 Å². The van der Waals surface area contributed by atoms with Gasteiger partial charge in [-0.1, -0.05) is 12.1 Å². The zero-order valence-corrected chi connectivity index (χ0v) is 9.60. The van der Waals surface area contributed by atoms with Gasteiger partial charge in [-0.25, -0.2) is 0 Å². The molecule has 0 aliphatic carbocycles. The molecule has 0 N–H and O–H groups in total. The van der Waals surface area contributed by atoms with Crippen LogP contribution in [0.2, 0.25) is 0 Å². The van der Waals surface area contributed by atoms with E-state index in [1.165, 1.54) is 0 Å². The number of ether oxygens (including phenoxy) is 3. The monoisotopic (exact) mass is 220 g/mol. The van der Waals surface area contributed by atoms with Gasteiger partial charge in [-0.15, -0.1) is 0 Å². The maximum Gasteiger partial charge on any atom is 0.160 e. The summed E-state index contributed by atoms with van der Waals surface area (Å²) < 4.78 is 16.1. The molecule has 1 aromatic carbocycles. The predicted molar refractivity (Wildman–Crippen MR) is 61.4 cm³/mol. The fraction of sp³-hybridized carbons (Fsp3) is 0.385. The Morgan fingerprint density at radius 2 is 2.00 bits per heavy atom. The van der Waals surface area contributed by atoms with Crippen molar-refractivity contribution in [2.24, 2.45) is 0 Å². The molecule has 1 aromatic rings. The molecule has 0 amide bonds. The summed E-state index contributed by atoms with van der Waals surface area (Å²) in [5.74, 6) is 0.849. The van der Waals surface area contributed by atoms with Crippen LogP contribution >= 0.6 is 0 Å². The van der Waals surface area contributed by atoms with Gasteiger partial charge in [-0.2, -0.15) is 0 Å². The van der Waals surface area contributed by atoms with Crippen molar-refractivity contribution in [1.29, 1.82) is 0 Å². The van der Waals surface area contributed by atoms with E-state index in [-0.39, 0.29) is 5.60 Å². The number of methoxy groups -OCH3 is 2. The molecule has 0 radical (unpaired) electrons. The lowest BCUT2D eigenvalue weighted by molar-refractivity contribution is -0.0299. The summed E-state index contributed by atoms with van der Waals surface area (Å²) in [4.78, 5) is 0. The van der Waals surface area contributed by atoms with Gasteiger partial charge in [0.15, 0.2) is 5.60 Å². The largest absolute Gasteiger partial charge is 0.497 e. The highest BCUT2D eigenvalue weighted by atomic mass is 16.5. The van der Waals surface area contributed by atoms with E-state index in [2.05, 4.69) is 0 Å². The maximum absolute atomic E-state index is 5.69. The summed E-state index contributed by atoms with van der Waals surface area (Å²) >= 11 is 0. The third-order valence-electron chi connectivity index (χ3n) is 2.83. The van der Waals surface area contributed by atoms with Gasteiger partial charge in [0.1, 0.15) is 5.75 Å². The van der Waals surface area contributed by atoms with Gasteiger partial charge >= 0.3 is 0 Å². The highest BCUT2D eigenvalue weighted by molar-refractivity contribution is 5.32. The number of benzene rings is 1. The highest BCUT2D eigenvalue weighted by Gasteiger charge is 2.35. The highest BCUT2D eigenvalue weighted by Crippen LogP contribution is 2.35. The summed E-state index contributed by atoms with van der Waals surface area (Å²) in [5, 5.41) is 0. The third-order valence-corrected chi connectivity index (χ3v) is 2.83. The van der Waals surface area contributed by atoms with Gasteiger partial charge in [-0.3, -0.25) is 0 Å². The van der Waals surface area contributed by atoms with Crippen LogP contribution in [0.4, 0.5) is 0 Å². The molecular formula is C13H16O3. The first-order valence-corrected chi connectivity index (χ1v) is 5.27. The molecule has 0 saturated heterocycles. The minimum Gasteiger partial charge on any atom is -0.497 e. The van der Waals surface area contributed by atoms with E-state index in [9.17, 15) is 0 Å². The van der Waals surface area contributed by atoms with Gasteiger partial charge < -0.3 is 14.2 Å². The minimum absolute atomic E-state index is 0.360. The molecule has 0 bridgehead atoms. The first-order chi connectivity index (χ1) is 7.80. The van der Waals surface area contributed by atoms with E-state index in [0.717, 1.165) is 17.7 Å². The van der Waals surface area contributed by atoms with Gasteiger partial charge in [0.05, 0.1) is 20.0 Å².